The van der Waals surface area contributed by atoms with Crippen LogP contribution in [0.4, 0.5) is 0 Å². The van der Waals surface area contributed by atoms with Crippen molar-refractivity contribution in [1.82, 2.24) is 0 Å². The molecule has 0 fully saturated rings. The van der Waals surface area contributed by atoms with E-state index in [1.165, 1.54) is 5.57 Å². The van der Waals surface area contributed by atoms with Crippen LogP contribution in [0, 0.1) is 5.92 Å². The minimum Gasteiger partial charge on any atom is -0.497 e. The van der Waals surface area contributed by atoms with Crippen LogP contribution in [0.1, 0.15) is 40.2 Å². The maximum absolute atomic E-state index is 6.69. The van der Waals surface area contributed by atoms with Gasteiger partial charge in [0.1, 0.15) is 5.75 Å². The molecule has 0 spiro atoms. The second-order valence-corrected chi connectivity index (χ2v) is 13.5. The minimum absolute atomic E-state index is 0.0491. The highest BCUT2D eigenvalue weighted by Gasteiger charge is 2.40. The van der Waals surface area contributed by atoms with Crippen molar-refractivity contribution in [3.05, 3.63) is 54.1 Å². The SMILES string of the molecule is C=C[C@H](C)[C@H](O[Si](C)(C)C(C)(C)C)/C(C)=C/COCc1ccc(OC)cc1. The fourth-order valence-electron chi connectivity index (χ4n) is 2.44. The molecule has 27 heavy (non-hydrogen) atoms. The Balaban J connectivity index is 2.71. The maximum atomic E-state index is 6.69. The van der Waals surface area contributed by atoms with Crippen LogP contribution < -0.4 is 4.74 Å². The van der Waals surface area contributed by atoms with Crippen LogP contribution in [0.3, 0.4) is 0 Å². The molecule has 0 unspecified atom stereocenters. The maximum Gasteiger partial charge on any atom is 0.192 e. The number of benzene rings is 1. The summed E-state index contributed by atoms with van der Waals surface area (Å²) in [6, 6.07) is 7.96. The van der Waals surface area contributed by atoms with Gasteiger partial charge in [-0.3, -0.25) is 0 Å². The Labute approximate surface area is 167 Å². The van der Waals surface area contributed by atoms with E-state index in [0.29, 0.717) is 13.2 Å². The molecular formula is C23H38O3Si. The second-order valence-electron chi connectivity index (χ2n) is 8.70. The molecule has 0 saturated heterocycles. The lowest BCUT2D eigenvalue weighted by Gasteiger charge is -2.41. The lowest BCUT2D eigenvalue weighted by Crippen LogP contribution is -2.45. The first-order valence-corrected chi connectivity index (χ1v) is 12.6. The van der Waals surface area contributed by atoms with Gasteiger partial charge < -0.3 is 13.9 Å². The second kappa shape index (κ2) is 10.3. The van der Waals surface area contributed by atoms with Crippen LogP contribution >= 0.6 is 0 Å². The molecule has 0 heterocycles. The Morgan fingerprint density at radius 3 is 2.26 bits per heavy atom. The van der Waals surface area contributed by atoms with E-state index in [1.54, 1.807) is 7.11 Å². The van der Waals surface area contributed by atoms with Gasteiger partial charge in [-0.25, -0.2) is 0 Å². The van der Waals surface area contributed by atoms with Gasteiger partial charge in [0.05, 0.1) is 26.4 Å². The van der Waals surface area contributed by atoms with Crippen molar-refractivity contribution in [2.45, 2.75) is 65.5 Å². The molecule has 0 bridgehead atoms. The predicted octanol–water partition coefficient (Wildman–Crippen LogP) is 6.37. The van der Waals surface area contributed by atoms with Crippen LogP contribution in [-0.4, -0.2) is 28.1 Å². The molecule has 152 valence electrons. The lowest BCUT2D eigenvalue weighted by atomic mass is 9.98. The summed E-state index contributed by atoms with van der Waals surface area (Å²) in [7, 11) is -0.188. The van der Waals surface area contributed by atoms with Gasteiger partial charge in [-0.1, -0.05) is 52.0 Å². The topological polar surface area (TPSA) is 27.7 Å². The highest BCUT2D eigenvalue weighted by Crippen LogP contribution is 2.39. The van der Waals surface area contributed by atoms with E-state index in [0.717, 1.165) is 11.3 Å². The molecule has 1 rings (SSSR count). The Bertz CT molecular complexity index is 612. The molecule has 0 aromatic heterocycles. The first-order valence-electron chi connectivity index (χ1n) is 9.69. The van der Waals surface area contributed by atoms with Gasteiger partial charge in [0, 0.05) is 5.92 Å². The van der Waals surface area contributed by atoms with E-state index in [1.807, 2.05) is 30.3 Å². The summed E-state index contributed by atoms with van der Waals surface area (Å²) in [5, 5.41) is 0.178. The molecule has 0 aliphatic heterocycles. The zero-order chi connectivity index (χ0) is 20.7. The normalized spacial score (nSPS) is 15.3. The van der Waals surface area contributed by atoms with Gasteiger partial charge in [0.2, 0.25) is 0 Å². The summed E-state index contributed by atoms with van der Waals surface area (Å²) in [5.41, 5.74) is 2.34. The van der Waals surface area contributed by atoms with Crippen molar-refractivity contribution in [1.29, 1.82) is 0 Å². The fraction of sp³-hybridized carbons (Fsp3) is 0.565. The van der Waals surface area contributed by atoms with E-state index in [4.69, 9.17) is 13.9 Å². The number of rotatable bonds is 10. The minimum atomic E-state index is -1.86. The zero-order valence-corrected chi connectivity index (χ0v) is 19.5. The zero-order valence-electron chi connectivity index (χ0n) is 18.5. The molecular weight excluding hydrogens is 352 g/mol. The predicted molar refractivity (Wildman–Crippen MR) is 118 cm³/mol. The van der Waals surface area contributed by atoms with Crippen LogP contribution in [0.5, 0.6) is 5.75 Å². The van der Waals surface area contributed by atoms with Crippen molar-refractivity contribution < 1.29 is 13.9 Å². The molecule has 0 aliphatic rings. The van der Waals surface area contributed by atoms with E-state index in [9.17, 15) is 0 Å². The summed E-state index contributed by atoms with van der Waals surface area (Å²) in [6.07, 6.45) is 4.17. The van der Waals surface area contributed by atoms with Crippen molar-refractivity contribution in [3.8, 4) is 5.75 Å². The van der Waals surface area contributed by atoms with Crippen molar-refractivity contribution in [2.24, 2.45) is 5.92 Å². The molecule has 2 atom stereocenters. The third-order valence-corrected chi connectivity index (χ3v) is 9.93. The molecule has 0 radical (unpaired) electrons. The Kier molecular flexibility index (Phi) is 8.99. The summed E-state index contributed by atoms with van der Waals surface area (Å²) in [5.74, 6) is 1.12. The monoisotopic (exact) mass is 390 g/mol. The van der Waals surface area contributed by atoms with Crippen LogP contribution in [0.15, 0.2) is 48.6 Å². The van der Waals surface area contributed by atoms with E-state index in [-0.39, 0.29) is 17.1 Å². The Hall–Kier alpha value is -1.36. The summed E-state index contributed by atoms with van der Waals surface area (Å²) < 4.78 is 17.7. The first kappa shape index (κ1) is 23.7. The smallest absolute Gasteiger partial charge is 0.192 e. The van der Waals surface area contributed by atoms with Gasteiger partial charge in [0.15, 0.2) is 8.32 Å². The molecule has 1 aromatic rings. The number of hydrogen-bond donors (Lipinski definition) is 0. The van der Waals surface area contributed by atoms with Crippen LogP contribution in [0.2, 0.25) is 18.1 Å². The summed E-state index contributed by atoms with van der Waals surface area (Å²) in [4.78, 5) is 0. The average Bonchev–Trinajstić information content (AvgIpc) is 2.62. The molecule has 0 N–H and O–H groups in total. The largest absolute Gasteiger partial charge is 0.497 e. The van der Waals surface area contributed by atoms with Gasteiger partial charge in [0.25, 0.3) is 0 Å². The van der Waals surface area contributed by atoms with Gasteiger partial charge >= 0.3 is 0 Å². The van der Waals surface area contributed by atoms with Crippen molar-refractivity contribution in [2.75, 3.05) is 13.7 Å². The van der Waals surface area contributed by atoms with Crippen LogP contribution in [0.25, 0.3) is 0 Å². The Morgan fingerprint density at radius 1 is 1.19 bits per heavy atom. The fourth-order valence-corrected chi connectivity index (χ4v) is 3.83. The molecule has 0 aliphatic carbocycles. The molecule has 0 saturated carbocycles. The third kappa shape index (κ3) is 7.28. The van der Waals surface area contributed by atoms with Crippen molar-refractivity contribution in [3.63, 3.8) is 0 Å². The molecule has 1 aromatic carbocycles. The van der Waals surface area contributed by atoms with Gasteiger partial charge in [-0.15, -0.1) is 6.58 Å². The quantitative estimate of drug-likeness (QED) is 0.264. The number of ether oxygens (including phenoxy) is 2. The molecule has 4 heteroatoms. The van der Waals surface area contributed by atoms with Crippen LogP contribution in [-0.2, 0) is 15.8 Å². The highest BCUT2D eigenvalue weighted by atomic mass is 28.4. The van der Waals surface area contributed by atoms with Gasteiger partial charge in [-0.05, 0) is 48.3 Å². The van der Waals surface area contributed by atoms with Gasteiger partial charge in [-0.2, -0.15) is 0 Å². The van der Waals surface area contributed by atoms with E-state index >= 15 is 0 Å². The Morgan fingerprint density at radius 2 is 1.78 bits per heavy atom. The lowest BCUT2D eigenvalue weighted by molar-refractivity contribution is 0.144. The average molecular weight is 391 g/mol. The van der Waals surface area contributed by atoms with Crippen molar-refractivity contribution >= 4 is 8.32 Å². The number of hydrogen-bond acceptors (Lipinski definition) is 3. The summed E-state index contributed by atoms with van der Waals surface area (Å²) in [6.45, 7) is 20.8. The van der Waals surface area contributed by atoms with E-state index < -0.39 is 8.32 Å². The first-order chi connectivity index (χ1) is 12.5. The standard InChI is InChI=1S/C23H38O3Si/c1-10-18(2)22(26-27(8,9)23(4,5)6)19(3)15-16-25-17-20-11-13-21(24-7)14-12-20/h10-15,18,22H,1,16-17H2,2-9H3/b19-15+/t18-,22-/m0/s1. The summed E-state index contributed by atoms with van der Waals surface area (Å²) >= 11 is 0. The van der Waals surface area contributed by atoms with E-state index in [2.05, 4.69) is 60.4 Å². The molecule has 3 nitrogen and oxygen atoms in total. The molecule has 0 amide bonds. The number of methoxy groups -OCH3 is 1. The third-order valence-electron chi connectivity index (χ3n) is 5.48. The highest BCUT2D eigenvalue weighted by molar-refractivity contribution is 6.74.